The quantitative estimate of drug-likeness (QED) is 0.716. The molecule has 0 saturated carbocycles. The van der Waals surface area contributed by atoms with Crippen LogP contribution in [-0.4, -0.2) is 0 Å². The van der Waals surface area contributed by atoms with Gasteiger partial charge < -0.3 is 0 Å². The Kier molecular flexibility index (Phi) is 3.06. The third-order valence-corrected chi connectivity index (χ3v) is 8.28. The average molecular weight is 367 g/mol. The first-order valence-electron chi connectivity index (χ1n) is 2.58. The van der Waals surface area contributed by atoms with Crippen LogP contribution in [0.5, 0.6) is 0 Å². The van der Waals surface area contributed by atoms with Gasteiger partial charge in [0.2, 0.25) is 0 Å². The summed E-state index contributed by atoms with van der Waals surface area (Å²) < 4.78 is 0.903. The number of hydrogen-bond donors (Lipinski definition) is 0. The van der Waals surface area contributed by atoms with Crippen LogP contribution in [0.2, 0.25) is 0 Å². The van der Waals surface area contributed by atoms with Crippen LogP contribution in [0.1, 0.15) is 0 Å². The maximum atomic E-state index is 5.80. The van der Waals surface area contributed by atoms with Crippen LogP contribution in [-0.2, 0) is 12.9 Å². The average Bonchev–Trinajstić information content (AvgIpc) is 1.88. The molecule has 0 N–H and O–H groups in total. The number of hydrogen-bond acceptors (Lipinski definition) is 0. The molecule has 0 aliphatic rings. The molecule has 0 nitrogen and oxygen atoms in total. The molecule has 0 amide bonds. The number of halogens is 3. The van der Waals surface area contributed by atoms with Gasteiger partial charge in [0.05, 0.1) is 0 Å². The van der Waals surface area contributed by atoms with Gasteiger partial charge in [0.25, 0.3) is 0 Å². The summed E-state index contributed by atoms with van der Waals surface area (Å²) in [6.45, 7) is 0. The molecule has 0 atom stereocenters. The van der Waals surface area contributed by atoms with Crippen molar-refractivity contribution in [2.24, 2.45) is 0 Å². The van der Waals surface area contributed by atoms with E-state index in [9.17, 15) is 0 Å². The van der Waals surface area contributed by atoms with Crippen molar-refractivity contribution in [3.63, 3.8) is 0 Å². The van der Waals surface area contributed by atoms with E-state index >= 15 is 0 Å². The van der Waals surface area contributed by atoms with Crippen LogP contribution in [0.3, 0.4) is 0 Å². The van der Waals surface area contributed by atoms with Crippen molar-refractivity contribution in [1.29, 1.82) is 0 Å². The third-order valence-electron chi connectivity index (χ3n) is 1.01. The van der Waals surface area contributed by atoms with Gasteiger partial charge in [-0.3, -0.25) is 0 Å². The van der Waals surface area contributed by atoms with Crippen molar-refractivity contribution in [2.75, 3.05) is 0 Å². The van der Waals surface area contributed by atoms with Gasteiger partial charge >= 0.3 is 75.5 Å². The molecular formula is C6H5Cl3W. The number of benzene rings is 1. The van der Waals surface area contributed by atoms with Crippen LogP contribution < -0.4 is 3.95 Å². The molecule has 0 aliphatic carbocycles. The fourth-order valence-electron chi connectivity index (χ4n) is 0.575. The molecule has 0 unspecified atom stereocenters. The molecule has 0 bridgehead atoms. The maximum absolute atomic E-state index is 5.80. The van der Waals surface area contributed by atoms with Gasteiger partial charge in [-0.05, 0) is 0 Å². The molecule has 1 aromatic carbocycles. The Hall–Kier alpha value is 0.778. The van der Waals surface area contributed by atoms with E-state index in [1.807, 2.05) is 30.3 Å². The molecular weight excluding hydrogens is 362 g/mol. The SMILES string of the molecule is [Cl][W]([Cl])([Cl])[c]1ccccc1. The van der Waals surface area contributed by atoms with E-state index in [4.69, 9.17) is 28.3 Å². The van der Waals surface area contributed by atoms with E-state index in [0.29, 0.717) is 0 Å². The van der Waals surface area contributed by atoms with Crippen molar-refractivity contribution < 1.29 is 12.9 Å². The molecule has 0 spiro atoms. The second-order valence-electron chi connectivity index (χ2n) is 1.72. The summed E-state index contributed by atoms with van der Waals surface area (Å²) >= 11 is -3.28. The van der Waals surface area contributed by atoms with E-state index in [0.717, 1.165) is 3.95 Å². The summed E-state index contributed by atoms with van der Waals surface area (Å²) in [5, 5.41) is 0. The van der Waals surface area contributed by atoms with Gasteiger partial charge in [-0.2, -0.15) is 0 Å². The molecule has 1 rings (SSSR count). The minimum atomic E-state index is -3.28. The molecule has 0 fully saturated rings. The summed E-state index contributed by atoms with van der Waals surface area (Å²) in [7, 11) is 17.4. The summed E-state index contributed by atoms with van der Waals surface area (Å²) in [6.07, 6.45) is 0. The van der Waals surface area contributed by atoms with Crippen LogP contribution >= 0.6 is 28.3 Å². The van der Waals surface area contributed by atoms with Gasteiger partial charge in [0.1, 0.15) is 0 Å². The minimum absolute atomic E-state index is 0.903. The van der Waals surface area contributed by atoms with E-state index in [-0.39, 0.29) is 0 Å². The van der Waals surface area contributed by atoms with Crippen LogP contribution in [0.25, 0.3) is 0 Å². The predicted octanol–water partition coefficient (Wildman–Crippen LogP) is 2.93. The Morgan fingerprint density at radius 3 is 1.70 bits per heavy atom. The zero-order valence-electron chi connectivity index (χ0n) is 4.93. The molecule has 1 aromatic rings. The molecule has 4 heteroatoms. The fraction of sp³-hybridized carbons (Fsp3) is 0. The Labute approximate surface area is 75.1 Å². The summed E-state index contributed by atoms with van der Waals surface area (Å²) in [5.41, 5.74) is 0. The molecule has 0 heterocycles. The van der Waals surface area contributed by atoms with Crippen LogP contribution in [0, 0.1) is 0 Å². The predicted molar refractivity (Wildman–Crippen MR) is 43.6 cm³/mol. The van der Waals surface area contributed by atoms with E-state index in [1.165, 1.54) is 0 Å². The fourth-order valence-corrected chi connectivity index (χ4v) is 4.77. The first kappa shape index (κ1) is 8.87. The van der Waals surface area contributed by atoms with Gasteiger partial charge in [-0.15, -0.1) is 0 Å². The topological polar surface area (TPSA) is 0 Å². The monoisotopic (exact) mass is 366 g/mol. The standard InChI is InChI=1S/C6H5.3ClH.W/c1-2-4-6-5-3-1;;;;/h1-5H;3*1H;/q;;;;+3/p-3. The van der Waals surface area contributed by atoms with Crippen molar-refractivity contribution >= 4 is 32.2 Å². The zero-order chi connectivity index (χ0) is 7.61. The zero-order valence-corrected chi connectivity index (χ0v) is 10.1. The summed E-state index contributed by atoms with van der Waals surface area (Å²) in [4.78, 5) is 0. The van der Waals surface area contributed by atoms with E-state index in [1.54, 1.807) is 0 Å². The molecule has 0 aliphatic heterocycles. The normalized spacial score (nSPS) is 13.1. The second-order valence-corrected chi connectivity index (χ2v) is 21.6. The second kappa shape index (κ2) is 3.45. The van der Waals surface area contributed by atoms with Crippen molar-refractivity contribution in [3.05, 3.63) is 30.3 Å². The molecule has 0 saturated heterocycles. The van der Waals surface area contributed by atoms with Crippen LogP contribution in [0.4, 0.5) is 0 Å². The molecule has 56 valence electrons. The molecule has 0 radical (unpaired) electrons. The first-order valence-corrected chi connectivity index (χ1v) is 14.9. The molecule has 0 aromatic heterocycles. The number of rotatable bonds is 1. The Morgan fingerprint density at radius 2 is 1.40 bits per heavy atom. The van der Waals surface area contributed by atoms with Gasteiger partial charge in [0, 0.05) is 0 Å². The van der Waals surface area contributed by atoms with Crippen molar-refractivity contribution in [1.82, 2.24) is 0 Å². The third kappa shape index (κ3) is 2.43. The first-order chi connectivity index (χ1) is 4.61. The van der Waals surface area contributed by atoms with E-state index < -0.39 is 12.9 Å². The van der Waals surface area contributed by atoms with Crippen molar-refractivity contribution in [3.8, 4) is 0 Å². The Bertz CT molecular complexity index is 204. The van der Waals surface area contributed by atoms with Crippen LogP contribution in [0.15, 0.2) is 30.3 Å². The van der Waals surface area contributed by atoms with Crippen molar-refractivity contribution in [2.45, 2.75) is 0 Å². The Morgan fingerprint density at radius 1 is 0.900 bits per heavy atom. The van der Waals surface area contributed by atoms with E-state index in [2.05, 4.69) is 0 Å². The molecule has 10 heavy (non-hydrogen) atoms. The summed E-state index contributed by atoms with van der Waals surface area (Å²) in [5.74, 6) is 0. The Balaban J connectivity index is 2.97. The van der Waals surface area contributed by atoms with Gasteiger partial charge in [-0.1, -0.05) is 0 Å². The van der Waals surface area contributed by atoms with Gasteiger partial charge in [-0.25, -0.2) is 0 Å². The summed E-state index contributed by atoms with van der Waals surface area (Å²) in [6, 6.07) is 9.40. The van der Waals surface area contributed by atoms with Gasteiger partial charge in [0.15, 0.2) is 0 Å².